The van der Waals surface area contributed by atoms with Crippen molar-refractivity contribution < 1.29 is 14.5 Å². The van der Waals surface area contributed by atoms with E-state index in [-0.39, 0.29) is 18.2 Å². The van der Waals surface area contributed by atoms with Gasteiger partial charge in [-0.25, -0.2) is 0 Å². The number of amides is 1. The number of nitro groups is 1. The van der Waals surface area contributed by atoms with Gasteiger partial charge in [-0.15, -0.1) is 0 Å². The standard InChI is InChI=1S/C23H12Br2Cl2N2O4S2/c24-17-6-12(7-18(25)21(17)33-11-13-4-5-14(26)9-19(13)27)8-20-22(30)28(23(34)35-20)15-2-1-3-16(10-15)29(31)32/h1-10H,11H2/b20-8-. The molecule has 4 rings (SSSR count). The molecule has 0 radical (unpaired) electrons. The largest absolute Gasteiger partial charge is 0.486 e. The lowest BCUT2D eigenvalue weighted by Gasteiger charge is -2.14. The summed E-state index contributed by atoms with van der Waals surface area (Å²) < 4.78 is 7.56. The number of thiocarbonyl (C=S) groups is 1. The molecule has 0 saturated carbocycles. The molecule has 0 atom stereocenters. The number of non-ortho nitro benzene ring substituents is 1. The fourth-order valence-electron chi connectivity index (χ4n) is 3.18. The number of carbonyl (C=O) groups is 1. The fourth-order valence-corrected chi connectivity index (χ4v) is 6.39. The molecule has 178 valence electrons. The summed E-state index contributed by atoms with van der Waals surface area (Å²) in [7, 11) is 0. The van der Waals surface area contributed by atoms with Crippen molar-refractivity contribution in [3.05, 3.63) is 99.7 Å². The molecule has 0 unspecified atom stereocenters. The Balaban J connectivity index is 1.56. The van der Waals surface area contributed by atoms with Gasteiger partial charge in [0.2, 0.25) is 0 Å². The number of rotatable bonds is 6. The van der Waals surface area contributed by atoms with E-state index in [0.29, 0.717) is 39.7 Å². The van der Waals surface area contributed by atoms with Crippen LogP contribution in [0.1, 0.15) is 11.1 Å². The topological polar surface area (TPSA) is 72.7 Å². The number of nitro benzene ring substituents is 1. The molecule has 12 heteroatoms. The molecule has 0 N–H and O–H groups in total. The van der Waals surface area contributed by atoms with Crippen molar-refractivity contribution in [2.75, 3.05) is 4.90 Å². The Kier molecular flexibility index (Phi) is 8.19. The monoisotopic (exact) mass is 672 g/mol. The van der Waals surface area contributed by atoms with Crippen molar-refractivity contribution in [1.29, 1.82) is 0 Å². The molecule has 0 aliphatic carbocycles. The van der Waals surface area contributed by atoms with Crippen LogP contribution in [0.15, 0.2) is 68.4 Å². The first-order valence-corrected chi connectivity index (χ1v) is 13.3. The number of halogens is 4. The molecular weight excluding hydrogens is 663 g/mol. The van der Waals surface area contributed by atoms with Crippen molar-refractivity contribution >= 4 is 107 Å². The Labute approximate surface area is 236 Å². The Hall–Kier alpha value is -1.95. The van der Waals surface area contributed by atoms with Crippen LogP contribution in [0, 0.1) is 10.1 Å². The van der Waals surface area contributed by atoms with Gasteiger partial charge in [0.25, 0.3) is 11.6 Å². The number of hydrogen-bond donors (Lipinski definition) is 0. The van der Waals surface area contributed by atoms with Crippen LogP contribution in [0.4, 0.5) is 11.4 Å². The smallest absolute Gasteiger partial charge is 0.271 e. The van der Waals surface area contributed by atoms with Crippen LogP contribution in [0.2, 0.25) is 10.0 Å². The van der Waals surface area contributed by atoms with Gasteiger partial charge in [-0.1, -0.05) is 59.3 Å². The molecule has 0 bridgehead atoms. The van der Waals surface area contributed by atoms with Gasteiger partial charge >= 0.3 is 0 Å². The minimum Gasteiger partial charge on any atom is -0.486 e. The third kappa shape index (κ3) is 5.90. The van der Waals surface area contributed by atoms with Crippen LogP contribution in [0.25, 0.3) is 6.08 Å². The van der Waals surface area contributed by atoms with Gasteiger partial charge in [-0.05, 0) is 73.8 Å². The van der Waals surface area contributed by atoms with Crippen LogP contribution in [-0.4, -0.2) is 15.2 Å². The molecule has 1 aliphatic heterocycles. The number of carbonyl (C=O) groups excluding carboxylic acids is 1. The van der Waals surface area contributed by atoms with Gasteiger partial charge < -0.3 is 4.74 Å². The Bertz CT molecular complexity index is 1400. The van der Waals surface area contributed by atoms with Crippen LogP contribution in [0.3, 0.4) is 0 Å². The number of anilines is 1. The molecule has 0 spiro atoms. The number of hydrogen-bond acceptors (Lipinski definition) is 6. The van der Waals surface area contributed by atoms with Crippen molar-refractivity contribution in [3.63, 3.8) is 0 Å². The van der Waals surface area contributed by atoms with Crippen molar-refractivity contribution in [2.24, 2.45) is 0 Å². The van der Waals surface area contributed by atoms with E-state index < -0.39 is 4.92 Å². The zero-order chi connectivity index (χ0) is 25.3. The lowest BCUT2D eigenvalue weighted by Crippen LogP contribution is -2.27. The summed E-state index contributed by atoms with van der Waals surface area (Å²) in [4.78, 5) is 25.3. The zero-order valence-corrected chi connectivity index (χ0v) is 23.7. The Morgan fingerprint density at radius 3 is 2.49 bits per heavy atom. The number of ether oxygens (including phenoxy) is 1. The first-order valence-electron chi connectivity index (χ1n) is 9.72. The van der Waals surface area contributed by atoms with Crippen LogP contribution in [0.5, 0.6) is 5.75 Å². The second-order valence-electron chi connectivity index (χ2n) is 7.13. The quantitative estimate of drug-likeness (QED) is 0.113. The first kappa shape index (κ1) is 26.1. The van der Waals surface area contributed by atoms with E-state index in [4.69, 9.17) is 40.2 Å². The highest BCUT2D eigenvalue weighted by atomic mass is 79.9. The normalized spacial score (nSPS) is 14.6. The molecular formula is C23H12Br2Cl2N2O4S2. The summed E-state index contributed by atoms with van der Waals surface area (Å²) in [6.45, 7) is 0.231. The van der Waals surface area contributed by atoms with Crippen molar-refractivity contribution in [2.45, 2.75) is 6.61 Å². The van der Waals surface area contributed by atoms with Gasteiger partial charge in [-0.3, -0.25) is 19.8 Å². The third-order valence-corrected chi connectivity index (χ3v) is 7.87. The fraction of sp³-hybridized carbons (Fsp3) is 0.0435. The second-order valence-corrected chi connectivity index (χ2v) is 11.4. The Morgan fingerprint density at radius 1 is 1.11 bits per heavy atom. The van der Waals surface area contributed by atoms with Gasteiger partial charge in [-0.2, -0.15) is 0 Å². The summed E-state index contributed by atoms with van der Waals surface area (Å²) in [6, 6.07) is 14.6. The number of nitrogens with zero attached hydrogens (tertiary/aromatic N) is 2. The van der Waals surface area contributed by atoms with Crippen LogP contribution < -0.4 is 9.64 Å². The van der Waals surface area contributed by atoms with Gasteiger partial charge in [0, 0.05) is 27.7 Å². The SMILES string of the molecule is O=C1/C(=C/c2cc(Br)c(OCc3ccc(Cl)cc3Cl)c(Br)c2)SC(=S)N1c1cccc([N+](=O)[O-])c1. The predicted molar refractivity (Wildman–Crippen MR) is 151 cm³/mol. The van der Waals surface area contributed by atoms with E-state index in [1.807, 2.05) is 12.1 Å². The lowest BCUT2D eigenvalue weighted by molar-refractivity contribution is -0.384. The average Bonchev–Trinajstić information content (AvgIpc) is 3.07. The predicted octanol–water partition coefficient (Wildman–Crippen LogP) is 8.41. The van der Waals surface area contributed by atoms with Gasteiger partial charge in [0.05, 0.1) is 24.5 Å². The number of benzene rings is 3. The molecule has 6 nitrogen and oxygen atoms in total. The number of thioether (sulfide) groups is 1. The highest BCUT2D eigenvalue weighted by Gasteiger charge is 2.34. The molecule has 35 heavy (non-hydrogen) atoms. The molecule has 3 aromatic carbocycles. The third-order valence-electron chi connectivity index (χ3n) is 4.80. The molecule has 1 fully saturated rings. The minimum absolute atomic E-state index is 0.121. The molecule has 1 saturated heterocycles. The maximum Gasteiger partial charge on any atom is 0.271 e. The van der Waals surface area contributed by atoms with Gasteiger partial charge in [0.1, 0.15) is 12.4 Å². The van der Waals surface area contributed by atoms with Crippen LogP contribution >= 0.6 is 79.0 Å². The van der Waals surface area contributed by atoms with E-state index >= 15 is 0 Å². The highest BCUT2D eigenvalue weighted by Crippen LogP contribution is 2.40. The molecule has 1 heterocycles. The molecule has 0 aromatic heterocycles. The van der Waals surface area contributed by atoms with E-state index in [1.54, 1.807) is 30.3 Å². The first-order chi connectivity index (χ1) is 16.6. The van der Waals surface area contributed by atoms with Crippen molar-refractivity contribution in [3.8, 4) is 5.75 Å². The lowest BCUT2D eigenvalue weighted by atomic mass is 10.2. The highest BCUT2D eigenvalue weighted by molar-refractivity contribution is 9.11. The summed E-state index contributed by atoms with van der Waals surface area (Å²) in [5, 5.41) is 12.2. The van der Waals surface area contributed by atoms with E-state index in [2.05, 4.69) is 31.9 Å². The minimum atomic E-state index is -0.517. The van der Waals surface area contributed by atoms with E-state index in [1.165, 1.54) is 23.1 Å². The molecule has 1 aliphatic rings. The van der Waals surface area contributed by atoms with E-state index in [0.717, 1.165) is 22.9 Å². The summed E-state index contributed by atoms with van der Waals surface area (Å²) >= 11 is 25.7. The maximum absolute atomic E-state index is 13.1. The van der Waals surface area contributed by atoms with E-state index in [9.17, 15) is 14.9 Å². The summed E-state index contributed by atoms with van der Waals surface area (Å²) in [5.41, 5.74) is 1.73. The second kappa shape index (κ2) is 11.0. The zero-order valence-electron chi connectivity index (χ0n) is 17.3. The Morgan fingerprint density at radius 2 is 1.83 bits per heavy atom. The van der Waals surface area contributed by atoms with Crippen LogP contribution in [-0.2, 0) is 11.4 Å². The molecule has 3 aromatic rings. The molecule has 1 amide bonds. The summed E-state index contributed by atoms with van der Waals surface area (Å²) in [6.07, 6.45) is 1.70. The van der Waals surface area contributed by atoms with Crippen molar-refractivity contribution in [1.82, 2.24) is 0 Å². The average molecular weight is 675 g/mol. The van der Waals surface area contributed by atoms with Gasteiger partial charge in [0.15, 0.2) is 4.32 Å². The summed E-state index contributed by atoms with van der Waals surface area (Å²) in [5.74, 6) is 0.211. The maximum atomic E-state index is 13.1.